The fraction of sp³-hybridized carbons (Fsp3) is 0.571. The first-order chi connectivity index (χ1) is 7.75. The van der Waals surface area contributed by atoms with Crippen LogP contribution in [0.2, 0.25) is 0 Å². The molecule has 1 fully saturated rings. The third kappa shape index (κ3) is 1.52. The summed E-state index contributed by atoms with van der Waals surface area (Å²) in [6.07, 6.45) is 4.81. The highest BCUT2D eigenvalue weighted by molar-refractivity contribution is 5.42. The second kappa shape index (κ2) is 3.77. The monoisotopic (exact) mass is 217 g/mol. The number of aromatic hydroxyl groups is 1. The van der Waals surface area contributed by atoms with Gasteiger partial charge in [-0.05, 0) is 62.4 Å². The summed E-state index contributed by atoms with van der Waals surface area (Å²) in [7, 11) is 2.24. The molecule has 3 rings (SSSR count). The van der Waals surface area contributed by atoms with Gasteiger partial charge in [-0.15, -0.1) is 0 Å². The van der Waals surface area contributed by atoms with Gasteiger partial charge in [0.15, 0.2) is 0 Å². The smallest absolute Gasteiger partial charge is 0.119 e. The van der Waals surface area contributed by atoms with Gasteiger partial charge in [-0.2, -0.15) is 0 Å². The second-order valence-corrected chi connectivity index (χ2v) is 5.27. The van der Waals surface area contributed by atoms with Crippen LogP contribution in [0.5, 0.6) is 5.75 Å². The lowest BCUT2D eigenvalue weighted by Gasteiger charge is -2.43. The molecule has 0 amide bonds. The molecular weight excluding hydrogens is 198 g/mol. The van der Waals surface area contributed by atoms with Crippen molar-refractivity contribution in [3.8, 4) is 5.75 Å². The highest BCUT2D eigenvalue weighted by Crippen LogP contribution is 2.37. The van der Waals surface area contributed by atoms with Crippen LogP contribution in [0.4, 0.5) is 0 Å². The maximum Gasteiger partial charge on any atom is 0.119 e. The maximum absolute atomic E-state index is 9.90. The van der Waals surface area contributed by atoms with Crippen molar-refractivity contribution in [1.29, 1.82) is 0 Å². The van der Waals surface area contributed by atoms with E-state index >= 15 is 0 Å². The van der Waals surface area contributed by atoms with Crippen molar-refractivity contribution in [2.45, 2.75) is 31.7 Å². The van der Waals surface area contributed by atoms with Gasteiger partial charge in [0.05, 0.1) is 0 Å². The number of rotatable bonds is 0. The van der Waals surface area contributed by atoms with Crippen LogP contribution in [0.25, 0.3) is 0 Å². The minimum absolute atomic E-state index is 0.504. The normalized spacial score (nSPS) is 29.6. The average Bonchev–Trinajstić information content (AvgIpc) is 2.29. The number of likely N-dealkylation sites (tertiary alicyclic amines) is 1. The largest absolute Gasteiger partial charge is 0.508 e. The molecule has 2 heteroatoms. The predicted molar refractivity (Wildman–Crippen MR) is 64.7 cm³/mol. The molecule has 1 aliphatic heterocycles. The number of phenols is 1. The number of hydrogen-bond acceptors (Lipinski definition) is 2. The zero-order valence-electron chi connectivity index (χ0n) is 9.82. The van der Waals surface area contributed by atoms with Crippen molar-refractivity contribution in [2.24, 2.45) is 5.92 Å². The van der Waals surface area contributed by atoms with E-state index in [2.05, 4.69) is 18.0 Å². The molecule has 1 saturated heterocycles. The van der Waals surface area contributed by atoms with Crippen LogP contribution in [0.1, 0.15) is 24.0 Å². The molecule has 0 radical (unpaired) electrons. The molecule has 1 heterocycles. The van der Waals surface area contributed by atoms with Gasteiger partial charge in [0, 0.05) is 6.04 Å². The molecule has 16 heavy (non-hydrogen) atoms. The van der Waals surface area contributed by atoms with Crippen molar-refractivity contribution in [2.75, 3.05) is 13.6 Å². The predicted octanol–water partition coefficient (Wildman–Crippen LogP) is 2.20. The quantitative estimate of drug-likeness (QED) is 0.720. The molecule has 0 bridgehead atoms. The van der Waals surface area contributed by atoms with Crippen LogP contribution in [0, 0.1) is 5.92 Å². The number of likely N-dealkylation sites (N-methyl/N-ethyl adjacent to an activating group) is 1. The summed E-state index contributed by atoms with van der Waals surface area (Å²) in [4.78, 5) is 2.50. The fourth-order valence-electron chi connectivity index (χ4n) is 3.42. The Bertz CT molecular complexity index is 402. The van der Waals surface area contributed by atoms with Gasteiger partial charge < -0.3 is 10.0 Å². The van der Waals surface area contributed by atoms with Gasteiger partial charge in [0.2, 0.25) is 0 Å². The maximum atomic E-state index is 9.90. The van der Waals surface area contributed by atoms with E-state index in [0.717, 1.165) is 18.8 Å². The summed E-state index contributed by atoms with van der Waals surface area (Å²) < 4.78 is 0. The lowest BCUT2D eigenvalue weighted by molar-refractivity contribution is 0.111. The fourth-order valence-corrected chi connectivity index (χ4v) is 3.42. The Morgan fingerprint density at radius 1 is 1.31 bits per heavy atom. The molecule has 0 saturated carbocycles. The van der Waals surface area contributed by atoms with E-state index in [9.17, 15) is 5.11 Å². The van der Waals surface area contributed by atoms with E-state index in [4.69, 9.17) is 0 Å². The Kier molecular flexibility index (Phi) is 2.40. The molecule has 0 aromatic heterocycles. The number of piperidine rings is 1. The van der Waals surface area contributed by atoms with Crippen LogP contribution in [0.3, 0.4) is 0 Å². The number of hydrogen-bond donors (Lipinski definition) is 1. The van der Waals surface area contributed by atoms with Crippen molar-refractivity contribution in [1.82, 2.24) is 4.90 Å². The summed E-state index contributed by atoms with van der Waals surface area (Å²) in [5, 5.41) is 9.90. The van der Waals surface area contributed by atoms with E-state index in [-0.39, 0.29) is 0 Å². The van der Waals surface area contributed by atoms with Gasteiger partial charge in [-0.3, -0.25) is 0 Å². The van der Waals surface area contributed by atoms with E-state index in [1.807, 2.05) is 12.1 Å². The molecule has 2 nitrogen and oxygen atoms in total. The Hall–Kier alpha value is -1.02. The van der Waals surface area contributed by atoms with Crippen LogP contribution >= 0.6 is 0 Å². The Morgan fingerprint density at radius 3 is 3.06 bits per heavy atom. The summed E-state index contributed by atoms with van der Waals surface area (Å²) in [5.74, 6) is 1.25. The summed E-state index contributed by atoms with van der Waals surface area (Å²) in [6.45, 7) is 1.23. The third-order valence-electron chi connectivity index (χ3n) is 4.34. The molecule has 2 atom stereocenters. The molecule has 0 spiro atoms. The lowest BCUT2D eigenvalue weighted by atomic mass is 9.75. The van der Waals surface area contributed by atoms with Gasteiger partial charge in [-0.1, -0.05) is 12.1 Å². The van der Waals surface area contributed by atoms with Crippen LogP contribution in [-0.2, 0) is 12.8 Å². The highest BCUT2D eigenvalue weighted by atomic mass is 16.3. The van der Waals surface area contributed by atoms with E-state index in [1.165, 1.54) is 30.5 Å². The topological polar surface area (TPSA) is 23.5 Å². The Morgan fingerprint density at radius 2 is 2.19 bits per heavy atom. The lowest BCUT2D eigenvalue weighted by Crippen LogP contribution is -2.47. The molecule has 2 unspecified atom stereocenters. The van der Waals surface area contributed by atoms with Crippen molar-refractivity contribution < 1.29 is 5.11 Å². The molecule has 1 N–H and O–H groups in total. The Balaban J connectivity index is 1.96. The summed E-state index contributed by atoms with van der Waals surface area (Å²) in [5.41, 5.74) is 2.56. The van der Waals surface area contributed by atoms with E-state index < -0.39 is 0 Å². The first-order valence-electron chi connectivity index (χ1n) is 6.25. The minimum Gasteiger partial charge on any atom is -0.508 e. The van der Waals surface area contributed by atoms with Gasteiger partial charge >= 0.3 is 0 Å². The molecule has 1 aliphatic carbocycles. The molecular formula is C14H19NO. The van der Waals surface area contributed by atoms with Crippen LogP contribution in [-0.4, -0.2) is 29.6 Å². The zero-order chi connectivity index (χ0) is 11.1. The first kappa shape index (κ1) is 10.2. The van der Waals surface area contributed by atoms with Crippen molar-refractivity contribution >= 4 is 0 Å². The first-order valence-corrected chi connectivity index (χ1v) is 6.25. The van der Waals surface area contributed by atoms with Gasteiger partial charge in [-0.25, -0.2) is 0 Å². The van der Waals surface area contributed by atoms with Crippen LogP contribution < -0.4 is 0 Å². The summed E-state index contributed by atoms with van der Waals surface area (Å²) >= 11 is 0. The number of fused-ring (bicyclic) bond motifs is 2. The van der Waals surface area contributed by atoms with Crippen molar-refractivity contribution in [3.05, 3.63) is 29.3 Å². The Labute approximate surface area is 96.9 Å². The zero-order valence-corrected chi connectivity index (χ0v) is 9.82. The second-order valence-electron chi connectivity index (χ2n) is 5.27. The highest BCUT2D eigenvalue weighted by Gasteiger charge is 2.34. The van der Waals surface area contributed by atoms with E-state index in [1.54, 1.807) is 0 Å². The average molecular weight is 217 g/mol. The SMILES string of the molecule is CN1CCCC2Cc3c(O)cccc3CC21. The minimum atomic E-state index is 0.504. The molecule has 1 aromatic rings. The van der Waals surface area contributed by atoms with E-state index in [0.29, 0.717) is 11.8 Å². The van der Waals surface area contributed by atoms with Gasteiger partial charge in [0.1, 0.15) is 5.75 Å². The van der Waals surface area contributed by atoms with Gasteiger partial charge in [0.25, 0.3) is 0 Å². The standard InChI is InChI=1S/C14H19NO/c1-15-7-3-5-11-8-12-10(9-13(11)15)4-2-6-14(12)16/h2,4,6,11,13,16H,3,5,7-9H2,1H3. The summed E-state index contributed by atoms with van der Waals surface area (Å²) in [6, 6.07) is 6.67. The number of nitrogens with zero attached hydrogens (tertiary/aromatic N) is 1. The number of phenolic OH excluding ortho intramolecular Hbond substituents is 1. The number of benzene rings is 1. The van der Waals surface area contributed by atoms with Crippen molar-refractivity contribution in [3.63, 3.8) is 0 Å². The molecule has 86 valence electrons. The van der Waals surface area contributed by atoms with Crippen LogP contribution in [0.15, 0.2) is 18.2 Å². The molecule has 1 aromatic carbocycles. The molecule has 2 aliphatic rings. The third-order valence-corrected chi connectivity index (χ3v) is 4.34.